The van der Waals surface area contributed by atoms with Crippen LogP contribution in [0, 0.1) is 17.3 Å². The summed E-state index contributed by atoms with van der Waals surface area (Å²) in [6.45, 7) is 2.92. The molecule has 4 nitrogen and oxygen atoms in total. The summed E-state index contributed by atoms with van der Waals surface area (Å²) in [5, 5.41) is 12.3. The number of rotatable bonds is 5. The summed E-state index contributed by atoms with van der Waals surface area (Å²) in [5.74, 6) is -1.64. The highest BCUT2D eigenvalue weighted by atomic mass is 16.4. The fourth-order valence-corrected chi connectivity index (χ4v) is 3.93. The molecule has 20 heavy (non-hydrogen) atoms. The van der Waals surface area contributed by atoms with E-state index >= 15 is 0 Å². The quantitative estimate of drug-likeness (QED) is 0.814. The number of carbonyl (C=O) groups is 2. The van der Waals surface area contributed by atoms with Crippen LogP contribution in [0.5, 0.6) is 0 Å². The normalized spacial score (nSPS) is 29.1. The molecule has 4 heteroatoms. The average molecular weight is 281 g/mol. The molecule has 2 aliphatic carbocycles. The highest BCUT2D eigenvalue weighted by Gasteiger charge is 2.37. The summed E-state index contributed by atoms with van der Waals surface area (Å²) in [4.78, 5) is 23.6. The third-order valence-corrected chi connectivity index (χ3v) is 5.47. The summed E-state index contributed by atoms with van der Waals surface area (Å²) >= 11 is 0. The zero-order valence-electron chi connectivity index (χ0n) is 12.5. The van der Waals surface area contributed by atoms with E-state index in [1.165, 1.54) is 25.7 Å². The fourth-order valence-electron chi connectivity index (χ4n) is 3.93. The predicted octanol–water partition coefficient (Wildman–Crippen LogP) is 2.96. The lowest BCUT2D eigenvalue weighted by molar-refractivity contribution is -0.149. The minimum Gasteiger partial charge on any atom is -0.481 e. The first kappa shape index (κ1) is 15.3. The van der Waals surface area contributed by atoms with Gasteiger partial charge in [0.2, 0.25) is 5.91 Å². The van der Waals surface area contributed by atoms with E-state index in [1.54, 1.807) is 0 Å². The molecule has 0 saturated heterocycles. The molecule has 0 heterocycles. The minimum atomic E-state index is -0.809. The van der Waals surface area contributed by atoms with Gasteiger partial charge in [0.25, 0.3) is 0 Å². The zero-order chi connectivity index (χ0) is 14.6. The number of hydrogen-bond donors (Lipinski definition) is 2. The summed E-state index contributed by atoms with van der Waals surface area (Å²) < 4.78 is 0. The number of carboxylic acid groups (broad SMARTS) is 1. The fraction of sp³-hybridized carbons (Fsp3) is 0.875. The maximum Gasteiger partial charge on any atom is 0.307 e. The number of hydrogen-bond acceptors (Lipinski definition) is 2. The lowest BCUT2D eigenvalue weighted by atomic mass is 9.78. The average Bonchev–Trinajstić information content (AvgIpc) is 2.94. The maximum atomic E-state index is 12.4. The van der Waals surface area contributed by atoms with E-state index in [4.69, 9.17) is 0 Å². The Hall–Kier alpha value is -1.06. The molecule has 2 N–H and O–H groups in total. The molecule has 0 aromatic heterocycles. The van der Waals surface area contributed by atoms with Crippen LogP contribution in [0.3, 0.4) is 0 Å². The molecule has 2 rings (SSSR count). The van der Waals surface area contributed by atoms with Crippen LogP contribution < -0.4 is 5.32 Å². The molecule has 0 spiro atoms. The third kappa shape index (κ3) is 3.33. The minimum absolute atomic E-state index is 0.0307. The highest BCUT2D eigenvalue weighted by molar-refractivity contribution is 5.84. The summed E-state index contributed by atoms with van der Waals surface area (Å²) in [5.41, 5.74) is 0.267. The molecular weight excluding hydrogens is 254 g/mol. The molecule has 2 atom stereocenters. The van der Waals surface area contributed by atoms with E-state index < -0.39 is 11.9 Å². The number of carboxylic acids is 1. The van der Waals surface area contributed by atoms with Gasteiger partial charge >= 0.3 is 5.97 Å². The van der Waals surface area contributed by atoms with Crippen LogP contribution in [0.25, 0.3) is 0 Å². The number of aliphatic carboxylic acids is 1. The SMILES string of the molecule is CCC1(CNC(=O)C2CCCCC2C(=O)O)CCCC1. The standard InChI is InChI=1S/C16H27NO3/c1-2-16(9-5-6-10-16)11-17-14(18)12-7-3-4-8-13(12)15(19)20/h12-13H,2-11H2,1H3,(H,17,18)(H,19,20). The second-order valence-corrected chi connectivity index (χ2v) is 6.61. The second kappa shape index (κ2) is 6.59. The Bertz CT molecular complexity index is 361. The van der Waals surface area contributed by atoms with Crippen molar-refractivity contribution in [1.82, 2.24) is 5.32 Å². The van der Waals surface area contributed by atoms with Gasteiger partial charge in [-0.05, 0) is 37.5 Å². The Morgan fingerprint density at radius 3 is 2.25 bits per heavy atom. The van der Waals surface area contributed by atoms with Gasteiger partial charge in [-0.1, -0.05) is 32.6 Å². The largest absolute Gasteiger partial charge is 0.481 e. The lowest BCUT2D eigenvalue weighted by Crippen LogP contribution is -2.43. The van der Waals surface area contributed by atoms with Crippen molar-refractivity contribution in [3.63, 3.8) is 0 Å². The first-order chi connectivity index (χ1) is 9.58. The summed E-state index contributed by atoms with van der Waals surface area (Å²) in [7, 11) is 0. The van der Waals surface area contributed by atoms with Crippen LogP contribution in [0.2, 0.25) is 0 Å². The monoisotopic (exact) mass is 281 g/mol. The number of carbonyl (C=O) groups excluding carboxylic acids is 1. The molecule has 1 amide bonds. The Labute approximate surface area is 121 Å². The molecule has 2 saturated carbocycles. The van der Waals surface area contributed by atoms with Gasteiger partial charge in [-0.2, -0.15) is 0 Å². The van der Waals surface area contributed by atoms with E-state index in [9.17, 15) is 14.7 Å². The van der Waals surface area contributed by atoms with E-state index in [1.807, 2.05) is 0 Å². The predicted molar refractivity (Wildman–Crippen MR) is 77.3 cm³/mol. The van der Waals surface area contributed by atoms with E-state index in [-0.39, 0.29) is 17.2 Å². The van der Waals surface area contributed by atoms with Crippen molar-refractivity contribution in [2.45, 2.75) is 64.7 Å². The van der Waals surface area contributed by atoms with E-state index in [0.29, 0.717) is 6.42 Å². The van der Waals surface area contributed by atoms with Gasteiger partial charge in [0.15, 0.2) is 0 Å². The van der Waals surface area contributed by atoms with Gasteiger partial charge in [-0.25, -0.2) is 0 Å². The van der Waals surface area contributed by atoms with Gasteiger partial charge in [-0.3, -0.25) is 9.59 Å². The molecule has 0 aromatic carbocycles. The van der Waals surface area contributed by atoms with E-state index in [0.717, 1.165) is 32.2 Å². The van der Waals surface area contributed by atoms with Crippen LogP contribution >= 0.6 is 0 Å². The third-order valence-electron chi connectivity index (χ3n) is 5.47. The van der Waals surface area contributed by atoms with Crippen molar-refractivity contribution < 1.29 is 14.7 Å². The topological polar surface area (TPSA) is 66.4 Å². The van der Waals surface area contributed by atoms with Crippen LogP contribution in [0.4, 0.5) is 0 Å². The second-order valence-electron chi connectivity index (χ2n) is 6.61. The molecule has 2 fully saturated rings. The molecular formula is C16H27NO3. The lowest BCUT2D eigenvalue weighted by Gasteiger charge is -2.31. The van der Waals surface area contributed by atoms with Crippen molar-refractivity contribution in [1.29, 1.82) is 0 Å². The molecule has 0 aromatic rings. The number of nitrogens with one attached hydrogen (secondary N) is 1. The van der Waals surface area contributed by atoms with Crippen molar-refractivity contribution >= 4 is 11.9 Å². The van der Waals surface area contributed by atoms with Crippen molar-refractivity contribution in [3.05, 3.63) is 0 Å². The molecule has 0 aliphatic heterocycles. The molecule has 2 aliphatic rings. The van der Waals surface area contributed by atoms with Gasteiger partial charge in [0.05, 0.1) is 11.8 Å². The molecule has 114 valence electrons. The van der Waals surface area contributed by atoms with Crippen LogP contribution in [0.1, 0.15) is 64.7 Å². The van der Waals surface area contributed by atoms with Gasteiger partial charge in [-0.15, -0.1) is 0 Å². The highest BCUT2D eigenvalue weighted by Crippen LogP contribution is 2.40. The van der Waals surface area contributed by atoms with E-state index in [2.05, 4.69) is 12.2 Å². The van der Waals surface area contributed by atoms with Gasteiger partial charge in [0.1, 0.15) is 0 Å². The molecule has 0 radical (unpaired) electrons. The Morgan fingerprint density at radius 2 is 1.70 bits per heavy atom. The molecule has 0 bridgehead atoms. The molecule has 2 unspecified atom stereocenters. The van der Waals surface area contributed by atoms with Crippen LogP contribution in [-0.2, 0) is 9.59 Å². The summed E-state index contributed by atoms with van der Waals surface area (Å²) in [6, 6.07) is 0. The first-order valence-electron chi connectivity index (χ1n) is 8.08. The van der Waals surface area contributed by atoms with Crippen molar-refractivity contribution in [2.75, 3.05) is 6.54 Å². The smallest absolute Gasteiger partial charge is 0.307 e. The van der Waals surface area contributed by atoms with Gasteiger partial charge in [0, 0.05) is 6.54 Å². The Morgan fingerprint density at radius 1 is 1.10 bits per heavy atom. The van der Waals surface area contributed by atoms with Crippen LogP contribution in [-0.4, -0.2) is 23.5 Å². The van der Waals surface area contributed by atoms with Gasteiger partial charge < -0.3 is 10.4 Å². The maximum absolute atomic E-state index is 12.4. The van der Waals surface area contributed by atoms with Crippen molar-refractivity contribution in [3.8, 4) is 0 Å². The summed E-state index contributed by atoms with van der Waals surface area (Å²) in [6.07, 6.45) is 9.26. The Balaban J connectivity index is 1.91. The first-order valence-corrected chi connectivity index (χ1v) is 8.08. The zero-order valence-corrected chi connectivity index (χ0v) is 12.5. The van der Waals surface area contributed by atoms with Crippen molar-refractivity contribution in [2.24, 2.45) is 17.3 Å². The Kier molecular flexibility index (Phi) is 5.06. The number of amides is 1. The van der Waals surface area contributed by atoms with Crippen LogP contribution in [0.15, 0.2) is 0 Å².